The second-order valence-electron chi connectivity index (χ2n) is 3.06. The van der Waals surface area contributed by atoms with Crippen LogP contribution in [0.3, 0.4) is 0 Å². The molecule has 1 nitrogen and oxygen atoms in total. The van der Waals surface area contributed by atoms with Gasteiger partial charge < -0.3 is 5.32 Å². The van der Waals surface area contributed by atoms with Crippen molar-refractivity contribution in [3.8, 4) is 0 Å². The number of nitrogens with one attached hydrogen (secondary N) is 1. The molecule has 0 aromatic heterocycles. The third kappa shape index (κ3) is 3.43. The highest BCUT2D eigenvalue weighted by molar-refractivity contribution is 5.85. The van der Waals surface area contributed by atoms with E-state index in [0.717, 1.165) is 5.92 Å². The first-order valence-corrected chi connectivity index (χ1v) is 4.08. The van der Waals surface area contributed by atoms with E-state index in [-0.39, 0.29) is 12.4 Å². The van der Waals surface area contributed by atoms with E-state index >= 15 is 0 Å². The molecule has 1 aliphatic rings. The molecule has 1 aliphatic carbocycles. The van der Waals surface area contributed by atoms with Crippen LogP contribution < -0.4 is 5.32 Å². The Morgan fingerprint density at radius 3 is 2.30 bits per heavy atom. The van der Waals surface area contributed by atoms with E-state index in [1.807, 2.05) is 0 Å². The molecule has 1 saturated carbocycles. The first kappa shape index (κ1) is 10.2. The molecule has 0 atom stereocenters. The van der Waals surface area contributed by atoms with Gasteiger partial charge in [0.15, 0.2) is 0 Å². The number of hydrogen-bond acceptors (Lipinski definition) is 1. The molecule has 0 spiro atoms. The molecule has 62 valence electrons. The van der Waals surface area contributed by atoms with E-state index in [4.69, 9.17) is 0 Å². The van der Waals surface area contributed by atoms with Crippen molar-refractivity contribution in [3.63, 3.8) is 0 Å². The van der Waals surface area contributed by atoms with Crippen LogP contribution in [0.4, 0.5) is 0 Å². The molecule has 10 heavy (non-hydrogen) atoms. The SMILES string of the molecule is CNCC1CCCCC1.Cl. The van der Waals surface area contributed by atoms with Crippen molar-refractivity contribution in [2.45, 2.75) is 32.1 Å². The molecule has 1 rings (SSSR count). The van der Waals surface area contributed by atoms with Gasteiger partial charge in [-0.3, -0.25) is 0 Å². The van der Waals surface area contributed by atoms with E-state index in [2.05, 4.69) is 12.4 Å². The van der Waals surface area contributed by atoms with E-state index < -0.39 is 0 Å². The van der Waals surface area contributed by atoms with Crippen LogP contribution >= 0.6 is 12.4 Å². The highest BCUT2D eigenvalue weighted by Gasteiger charge is 2.11. The molecule has 0 aromatic carbocycles. The van der Waals surface area contributed by atoms with Crippen molar-refractivity contribution >= 4 is 12.4 Å². The summed E-state index contributed by atoms with van der Waals surface area (Å²) in [6, 6.07) is 0. The van der Waals surface area contributed by atoms with E-state index in [9.17, 15) is 0 Å². The molecular weight excluding hydrogens is 146 g/mol. The molecular formula is C8H18ClN. The molecule has 0 amide bonds. The van der Waals surface area contributed by atoms with Crippen LogP contribution in [0, 0.1) is 5.92 Å². The van der Waals surface area contributed by atoms with Crippen molar-refractivity contribution in [2.75, 3.05) is 13.6 Å². The zero-order valence-electron chi connectivity index (χ0n) is 6.73. The van der Waals surface area contributed by atoms with Gasteiger partial charge in [-0.25, -0.2) is 0 Å². The van der Waals surface area contributed by atoms with Crippen LogP contribution in [-0.4, -0.2) is 13.6 Å². The Hall–Kier alpha value is 0.250. The topological polar surface area (TPSA) is 12.0 Å². The third-order valence-corrected chi connectivity index (χ3v) is 2.22. The fourth-order valence-corrected chi connectivity index (χ4v) is 1.68. The Balaban J connectivity index is 0.000000810. The minimum atomic E-state index is 0. The van der Waals surface area contributed by atoms with Gasteiger partial charge in [0.25, 0.3) is 0 Å². The molecule has 2 heteroatoms. The lowest BCUT2D eigenvalue weighted by Crippen LogP contribution is -2.20. The second kappa shape index (κ2) is 5.99. The Morgan fingerprint density at radius 1 is 1.20 bits per heavy atom. The lowest BCUT2D eigenvalue weighted by molar-refractivity contribution is 0.350. The summed E-state index contributed by atoms with van der Waals surface area (Å²) in [5, 5.41) is 3.24. The molecule has 0 aromatic rings. The number of halogens is 1. The summed E-state index contributed by atoms with van der Waals surface area (Å²) < 4.78 is 0. The normalized spacial score (nSPS) is 20.1. The van der Waals surface area contributed by atoms with E-state index in [1.54, 1.807) is 0 Å². The Kier molecular flexibility index (Phi) is 6.14. The molecule has 0 saturated heterocycles. The van der Waals surface area contributed by atoms with Gasteiger partial charge in [-0.1, -0.05) is 19.3 Å². The monoisotopic (exact) mass is 163 g/mol. The van der Waals surface area contributed by atoms with Crippen molar-refractivity contribution in [1.82, 2.24) is 5.32 Å². The highest BCUT2D eigenvalue weighted by Crippen LogP contribution is 2.22. The van der Waals surface area contributed by atoms with Gasteiger partial charge in [-0.15, -0.1) is 12.4 Å². The van der Waals surface area contributed by atoms with Crippen LogP contribution in [0.25, 0.3) is 0 Å². The summed E-state index contributed by atoms with van der Waals surface area (Å²) >= 11 is 0. The number of hydrogen-bond donors (Lipinski definition) is 1. The maximum absolute atomic E-state index is 3.24. The second-order valence-corrected chi connectivity index (χ2v) is 3.06. The van der Waals surface area contributed by atoms with Gasteiger partial charge in [0, 0.05) is 0 Å². The first-order valence-electron chi connectivity index (χ1n) is 4.08. The summed E-state index contributed by atoms with van der Waals surface area (Å²) in [5.41, 5.74) is 0. The highest BCUT2D eigenvalue weighted by atomic mass is 35.5. The summed E-state index contributed by atoms with van der Waals surface area (Å²) in [6.45, 7) is 1.24. The molecule has 0 radical (unpaired) electrons. The van der Waals surface area contributed by atoms with Crippen LogP contribution in [0.15, 0.2) is 0 Å². The van der Waals surface area contributed by atoms with Crippen LogP contribution in [0.5, 0.6) is 0 Å². The predicted octanol–water partition coefficient (Wildman–Crippen LogP) is 2.21. The summed E-state index contributed by atoms with van der Waals surface area (Å²) in [4.78, 5) is 0. The summed E-state index contributed by atoms with van der Waals surface area (Å²) in [7, 11) is 2.05. The largest absolute Gasteiger partial charge is 0.319 e. The van der Waals surface area contributed by atoms with Crippen molar-refractivity contribution < 1.29 is 0 Å². The Bertz CT molecular complexity index is 66.9. The zero-order chi connectivity index (χ0) is 6.53. The maximum Gasteiger partial charge on any atom is -0.00235 e. The minimum Gasteiger partial charge on any atom is -0.319 e. The standard InChI is InChI=1S/C8H17N.ClH/c1-9-7-8-5-3-2-4-6-8;/h8-9H,2-7H2,1H3;1H. The summed E-state index contributed by atoms with van der Waals surface area (Å²) in [6.07, 6.45) is 7.32. The van der Waals surface area contributed by atoms with Gasteiger partial charge in [0.05, 0.1) is 0 Å². The van der Waals surface area contributed by atoms with E-state index in [0.29, 0.717) is 0 Å². The van der Waals surface area contributed by atoms with Gasteiger partial charge in [-0.2, -0.15) is 0 Å². The quantitative estimate of drug-likeness (QED) is 0.659. The smallest absolute Gasteiger partial charge is 0.00235 e. The fraction of sp³-hybridized carbons (Fsp3) is 1.00. The molecule has 0 aliphatic heterocycles. The van der Waals surface area contributed by atoms with Crippen molar-refractivity contribution in [1.29, 1.82) is 0 Å². The fourth-order valence-electron chi connectivity index (χ4n) is 1.68. The lowest BCUT2D eigenvalue weighted by atomic mass is 9.89. The van der Waals surface area contributed by atoms with Crippen LogP contribution in [-0.2, 0) is 0 Å². The zero-order valence-corrected chi connectivity index (χ0v) is 7.54. The van der Waals surface area contributed by atoms with Gasteiger partial charge in [-0.05, 0) is 32.4 Å². The van der Waals surface area contributed by atoms with Gasteiger partial charge in [0.2, 0.25) is 0 Å². The molecule has 0 unspecified atom stereocenters. The summed E-state index contributed by atoms with van der Waals surface area (Å²) in [5.74, 6) is 0.990. The van der Waals surface area contributed by atoms with Crippen molar-refractivity contribution in [2.24, 2.45) is 5.92 Å². The van der Waals surface area contributed by atoms with Crippen molar-refractivity contribution in [3.05, 3.63) is 0 Å². The lowest BCUT2D eigenvalue weighted by Gasteiger charge is -2.20. The van der Waals surface area contributed by atoms with Crippen LogP contribution in [0.1, 0.15) is 32.1 Å². The molecule has 0 heterocycles. The minimum absolute atomic E-state index is 0. The van der Waals surface area contributed by atoms with Gasteiger partial charge >= 0.3 is 0 Å². The Morgan fingerprint density at radius 2 is 1.80 bits per heavy atom. The molecule has 1 fully saturated rings. The van der Waals surface area contributed by atoms with Crippen LogP contribution in [0.2, 0.25) is 0 Å². The Labute approximate surface area is 70.0 Å². The number of rotatable bonds is 2. The molecule has 1 N–H and O–H groups in total. The first-order chi connectivity index (χ1) is 4.43. The van der Waals surface area contributed by atoms with Gasteiger partial charge in [0.1, 0.15) is 0 Å². The van der Waals surface area contributed by atoms with E-state index in [1.165, 1.54) is 38.6 Å². The third-order valence-electron chi connectivity index (χ3n) is 2.22. The predicted molar refractivity (Wildman–Crippen MR) is 47.7 cm³/mol. The average Bonchev–Trinajstić information content (AvgIpc) is 1.91. The molecule has 0 bridgehead atoms. The average molecular weight is 164 g/mol. The maximum atomic E-state index is 3.24.